The Kier molecular flexibility index (Phi) is 4.29. The van der Waals surface area contributed by atoms with Gasteiger partial charge in [0.15, 0.2) is 0 Å². The number of nitrogens with zero attached hydrogens (tertiary/aromatic N) is 2. The number of amides is 2. The van der Waals surface area contributed by atoms with Crippen LogP contribution < -0.4 is 5.32 Å². The largest absolute Gasteiger partial charge is 0.384 e. The van der Waals surface area contributed by atoms with Crippen molar-refractivity contribution in [3.05, 3.63) is 24.4 Å². The number of rotatable bonds is 3. The maximum atomic E-state index is 12.4. The summed E-state index contributed by atoms with van der Waals surface area (Å²) < 4.78 is 0. The molecule has 2 amide bonds. The van der Waals surface area contributed by atoms with Gasteiger partial charge in [-0.25, -0.2) is 0 Å². The highest BCUT2D eigenvalue weighted by molar-refractivity contribution is 5.95. The van der Waals surface area contributed by atoms with Gasteiger partial charge in [-0.3, -0.25) is 14.7 Å². The lowest BCUT2D eigenvalue weighted by atomic mass is 9.96. The van der Waals surface area contributed by atoms with E-state index in [0.717, 1.165) is 23.7 Å². The lowest BCUT2D eigenvalue weighted by Gasteiger charge is -2.32. The van der Waals surface area contributed by atoms with Crippen molar-refractivity contribution in [1.29, 1.82) is 0 Å². The van der Waals surface area contributed by atoms with Crippen LogP contribution in [0.25, 0.3) is 10.9 Å². The molecule has 1 aromatic carbocycles. The summed E-state index contributed by atoms with van der Waals surface area (Å²) in [4.78, 5) is 25.9. The summed E-state index contributed by atoms with van der Waals surface area (Å²) in [6.45, 7) is 2.39. The Morgan fingerprint density at radius 2 is 2.30 bits per heavy atom. The van der Waals surface area contributed by atoms with Crippen LogP contribution in [0.2, 0.25) is 0 Å². The van der Waals surface area contributed by atoms with E-state index in [9.17, 15) is 14.7 Å². The van der Waals surface area contributed by atoms with Crippen LogP contribution in [0, 0.1) is 5.92 Å². The van der Waals surface area contributed by atoms with Crippen LogP contribution in [0.5, 0.6) is 0 Å². The van der Waals surface area contributed by atoms with Gasteiger partial charge in [0.25, 0.3) is 5.91 Å². The highest BCUT2D eigenvalue weighted by Crippen LogP contribution is 2.21. The molecule has 1 aromatic heterocycles. The monoisotopic (exact) mass is 316 g/mol. The van der Waals surface area contributed by atoms with Crippen LogP contribution in [0.3, 0.4) is 0 Å². The number of benzene rings is 1. The normalized spacial score (nSPS) is 19.6. The molecule has 0 radical (unpaired) electrons. The molecular formula is C16H20N4O3. The van der Waals surface area contributed by atoms with Crippen molar-refractivity contribution < 1.29 is 14.7 Å². The molecule has 7 nitrogen and oxygen atoms in total. The third kappa shape index (κ3) is 3.34. The summed E-state index contributed by atoms with van der Waals surface area (Å²) >= 11 is 0. The van der Waals surface area contributed by atoms with Gasteiger partial charge in [0.1, 0.15) is 6.10 Å². The van der Waals surface area contributed by atoms with Gasteiger partial charge in [-0.15, -0.1) is 0 Å². The zero-order valence-electron chi connectivity index (χ0n) is 13.0. The fourth-order valence-electron chi connectivity index (χ4n) is 2.92. The third-order valence-corrected chi connectivity index (χ3v) is 4.17. The number of aliphatic hydroxyl groups is 1. The molecule has 3 N–H and O–H groups in total. The van der Waals surface area contributed by atoms with Gasteiger partial charge >= 0.3 is 0 Å². The van der Waals surface area contributed by atoms with Gasteiger partial charge in [-0.2, -0.15) is 5.10 Å². The lowest BCUT2D eigenvalue weighted by molar-refractivity contribution is -0.142. The molecule has 1 saturated heterocycles. The summed E-state index contributed by atoms with van der Waals surface area (Å²) in [6, 6.07) is 5.54. The molecule has 1 unspecified atom stereocenters. The molecule has 0 spiro atoms. The van der Waals surface area contributed by atoms with E-state index in [1.807, 2.05) is 18.2 Å². The highest BCUT2D eigenvalue weighted by Gasteiger charge is 2.29. The molecule has 23 heavy (non-hydrogen) atoms. The highest BCUT2D eigenvalue weighted by atomic mass is 16.3. The molecule has 1 fully saturated rings. The average Bonchev–Trinajstić information content (AvgIpc) is 3.01. The fraction of sp³-hybridized carbons (Fsp3) is 0.438. The minimum absolute atomic E-state index is 0.101. The van der Waals surface area contributed by atoms with Gasteiger partial charge in [0.05, 0.1) is 17.6 Å². The molecule has 1 aliphatic rings. The first-order valence-corrected chi connectivity index (χ1v) is 7.75. The molecular weight excluding hydrogens is 296 g/mol. The van der Waals surface area contributed by atoms with Crippen molar-refractivity contribution in [2.75, 3.05) is 18.4 Å². The molecule has 1 aliphatic heterocycles. The Morgan fingerprint density at radius 3 is 3.09 bits per heavy atom. The Morgan fingerprint density at radius 1 is 1.48 bits per heavy atom. The molecule has 3 rings (SSSR count). The first-order chi connectivity index (χ1) is 11.0. The van der Waals surface area contributed by atoms with E-state index in [2.05, 4.69) is 15.5 Å². The minimum Gasteiger partial charge on any atom is -0.384 e. The van der Waals surface area contributed by atoms with Gasteiger partial charge in [0.2, 0.25) is 5.91 Å². The quantitative estimate of drug-likeness (QED) is 0.790. The number of H-pyrrole nitrogens is 1. The second-order valence-electron chi connectivity index (χ2n) is 5.96. The van der Waals surface area contributed by atoms with Gasteiger partial charge in [-0.1, -0.05) is 0 Å². The van der Waals surface area contributed by atoms with E-state index in [1.54, 1.807) is 11.1 Å². The first-order valence-electron chi connectivity index (χ1n) is 7.75. The number of carbonyl (C=O) groups is 2. The predicted octanol–water partition coefficient (Wildman–Crippen LogP) is 1.12. The molecule has 0 saturated carbocycles. The molecule has 0 bridgehead atoms. The van der Waals surface area contributed by atoms with Crippen molar-refractivity contribution in [2.24, 2.45) is 5.92 Å². The average molecular weight is 316 g/mol. The predicted molar refractivity (Wildman–Crippen MR) is 85.7 cm³/mol. The third-order valence-electron chi connectivity index (χ3n) is 4.17. The summed E-state index contributed by atoms with van der Waals surface area (Å²) in [5.74, 6) is -0.676. The minimum atomic E-state index is -1.03. The number of piperidine rings is 1. The number of fused-ring (bicyclic) bond motifs is 1. The van der Waals surface area contributed by atoms with Crippen LogP contribution in [0.15, 0.2) is 24.4 Å². The number of carbonyl (C=O) groups excluding carboxylic acids is 2. The molecule has 0 aliphatic carbocycles. The van der Waals surface area contributed by atoms with Crippen molar-refractivity contribution in [3.8, 4) is 0 Å². The second kappa shape index (κ2) is 6.37. The lowest BCUT2D eigenvalue weighted by Crippen LogP contribution is -2.46. The van der Waals surface area contributed by atoms with E-state index in [4.69, 9.17) is 0 Å². The van der Waals surface area contributed by atoms with Crippen LogP contribution >= 0.6 is 0 Å². The van der Waals surface area contributed by atoms with E-state index >= 15 is 0 Å². The Hall–Kier alpha value is -2.41. The van der Waals surface area contributed by atoms with Crippen molar-refractivity contribution in [1.82, 2.24) is 15.1 Å². The van der Waals surface area contributed by atoms with E-state index in [0.29, 0.717) is 18.8 Å². The van der Waals surface area contributed by atoms with Crippen LogP contribution in [0.4, 0.5) is 5.69 Å². The Bertz CT molecular complexity index is 725. The number of hydrogen-bond acceptors (Lipinski definition) is 4. The molecule has 7 heteroatoms. The van der Waals surface area contributed by atoms with Crippen molar-refractivity contribution in [3.63, 3.8) is 0 Å². The number of aromatic nitrogens is 2. The van der Waals surface area contributed by atoms with Crippen molar-refractivity contribution >= 4 is 28.4 Å². The zero-order chi connectivity index (χ0) is 16.4. The van der Waals surface area contributed by atoms with Crippen LogP contribution in [-0.2, 0) is 9.59 Å². The molecule has 2 aromatic rings. The summed E-state index contributed by atoms with van der Waals surface area (Å²) in [5.41, 5.74) is 1.62. The van der Waals surface area contributed by atoms with Crippen LogP contribution in [-0.4, -0.2) is 51.2 Å². The number of aliphatic hydroxyl groups excluding tert-OH is 1. The number of hydrogen-bond donors (Lipinski definition) is 3. The number of anilines is 1. The smallest absolute Gasteiger partial charge is 0.251 e. The van der Waals surface area contributed by atoms with Gasteiger partial charge in [0, 0.05) is 24.2 Å². The number of aromatic amines is 1. The van der Waals surface area contributed by atoms with E-state index < -0.39 is 6.10 Å². The molecule has 2 heterocycles. The Labute approximate surface area is 133 Å². The van der Waals surface area contributed by atoms with Crippen LogP contribution in [0.1, 0.15) is 19.8 Å². The summed E-state index contributed by atoms with van der Waals surface area (Å²) in [7, 11) is 0. The molecule has 2 atom stereocenters. The van der Waals surface area contributed by atoms with Crippen molar-refractivity contribution in [2.45, 2.75) is 25.9 Å². The van der Waals surface area contributed by atoms with Gasteiger partial charge in [-0.05, 0) is 38.0 Å². The summed E-state index contributed by atoms with van der Waals surface area (Å²) in [5, 5.41) is 20.1. The number of likely N-dealkylation sites (tertiary alicyclic amines) is 1. The standard InChI is InChI=1S/C16H20N4O3/c1-10(21)16(23)20-6-2-3-11(9-20)15(22)18-13-4-5-14-12(7-13)8-17-19-14/h4-5,7-8,10-11,21H,2-3,6,9H2,1H3,(H,17,19)(H,18,22)/t10-,11?/m1/s1. The topological polar surface area (TPSA) is 98.3 Å². The maximum Gasteiger partial charge on any atom is 0.251 e. The number of nitrogens with one attached hydrogen (secondary N) is 2. The zero-order valence-corrected chi connectivity index (χ0v) is 13.0. The fourth-order valence-corrected chi connectivity index (χ4v) is 2.92. The SMILES string of the molecule is C[C@@H](O)C(=O)N1CCCC(C(=O)Nc2ccc3[nH]ncc3c2)C1. The summed E-state index contributed by atoms with van der Waals surface area (Å²) in [6.07, 6.45) is 2.18. The van der Waals surface area contributed by atoms with E-state index in [-0.39, 0.29) is 17.7 Å². The molecule has 122 valence electrons. The first kappa shape index (κ1) is 15.5. The van der Waals surface area contributed by atoms with E-state index in [1.165, 1.54) is 6.92 Å². The second-order valence-corrected chi connectivity index (χ2v) is 5.96. The van der Waals surface area contributed by atoms with Gasteiger partial charge < -0.3 is 15.3 Å². The Balaban J connectivity index is 1.66. The maximum absolute atomic E-state index is 12.4.